The summed E-state index contributed by atoms with van der Waals surface area (Å²) in [5, 5.41) is 3.50. The molecule has 0 saturated carbocycles. The molecule has 0 bridgehead atoms. The van der Waals surface area contributed by atoms with Crippen LogP contribution in [0.4, 0.5) is 0 Å². The van der Waals surface area contributed by atoms with E-state index in [1.807, 2.05) is 0 Å². The molecule has 0 aromatic carbocycles. The van der Waals surface area contributed by atoms with Crippen molar-refractivity contribution in [3.63, 3.8) is 0 Å². The van der Waals surface area contributed by atoms with E-state index in [0.717, 1.165) is 18.4 Å². The van der Waals surface area contributed by atoms with Crippen LogP contribution in [0.15, 0.2) is 0 Å². The summed E-state index contributed by atoms with van der Waals surface area (Å²) in [6, 6.07) is 1.29. The molecule has 0 amide bonds. The normalized spacial score (nSPS) is 16.1. The highest BCUT2D eigenvalue weighted by Gasteiger charge is 2.13. The monoisotopic (exact) mass is 228 g/mol. The van der Waals surface area contributed by atoms with E-state index in [1.165, 1.54) is 13.0 Å². The lowest BCUT2D eigenvalue weighted by Gasteiger charge is -2.29. The smallest absolute Gasteiger partial charge is 0.00664 e. The summed E-state index contributed by atoms with van der Waals surface area (Å²) >= 11 is 0. The van der Waals surface area contributed by atoms with E-state index in [0.29, 0.717) is 12.1 Å². The highest BCUT2D eigenvalue weighted by Crippen LogP contribution is 2.11. The van der Waals surface area contributed by atoms with Gasteiger partial charge in [0.05, 0.1) is 0 Å². The van der Waals surface area contributed by atoms with E-state index in [-0.39, 0.29) is 0 Å². The molecule has 0 spiro atoms. The maximum atomic E-state index is 3.50. The molecule has 0 radical (unpaired) electrons. The van der Waals surface area contributed by atoms with Crippen molar-refractivity contribution in [1.29, 1.82) is 0 Å². The molecule has 16 heavy (non-hydrogen) atoms. The molecule has 0 saturated heterocycles. The van der Waals surface area contributed by atoms with Crippen molar-refractivity contribution >= 4 is 0 Å². The van der Waals surface area contributed by atoms with Gasteiger partial charge in [0.2, 0.25) is 0 Å². The van der Waals surface area contributed by atoms with Crippen molar-refractivity contribution in [2.45, 2.75) is 60.0 Å². The fourth-order valence-electron chi connectivity index (χ4n) is 2.04. The van der Waals surface area contributed by atoms with E-state index < -0.39 is 0 Å². The summed E-state index contributed by atoms with van der Waals surface area (Å²) in [6.07, 6.45) is 1.29. The number of nitrogens with zero attached hydrogens (tertiary/aromatic N) is 1. The topological polar surface area (TPSA) is 15.3 Å². The highest BCUT2D eigenvalue weighted by molar-refractivity contribution is 4.69. The van der Waals surface area contributed by atoms with Gasteiger partial charge in [-0.1, -0.05) is 34.6 Å². The van der Waals surface area contributed by atoms with Crippen molar-refractivity contribution in [2.24, 2.45) is 11.8 Å². The Hall–Kier alpha value is -0.0800. The zero-order valence-electron chi connectivity index (χ0n) is 12.4. The fraction of sp³-hybridized carbons (Fsp3) is 1.00. The van der Waals surface area contributed by atoms with Crippen LogP contribution in [0.1, 0.15) is 48.0 Å². The number of rotatable bonds is 8. The van der Waals surface area contributed by atoms with Gasteiger partial charge in [-0.2, -0.15) is 0 Å². The first-order chi connectivity index (χ1) is 7.32. The van der Waals surface area contributed by atoms with Crippen molar-refractivity contribution in [3.05, 3.63) is 0 Å². The molecule has 98 valence electrons. The van der Waals surface area contributed by atoms with Gasteiger partial charge in [-0.15, -0.1) is 0 Å². The van der Waals surface area contributed by atoms with Crippen molar-refractivity contribution < 1.29 is 0 Å². The van der Waals surface area contributed by atoms with Gasteiger partial charge < -0.3 is 10.2 Å². The summed E-state index contributed by atoms with van der Waals surface area (Å²) in [7, 11) is 2.25. The van der Waals surface area contributed by atoms with Gasteiger partial charge in [-0.05, 0) is 38.8 Å². The molecule has 2 nitrogen and oxygen atoms in total. The number of hydrogen-bond donors (Lipinski definition) is 1. The second kappa shape index (κ2) is 8.08. The van der Waals surface area contributed by atoms with Gasteiger partial charge in [0.25, 0.3) is 0 Å². The van der Waals surface area contributed by atoms with E-state index >= 15 is 0 Å². The molecule has 0 aromatic heterocycles. The van der Waals surface area contributed by atoms with Gasteiger partial charge in [0.1, 0.15) is 0 Å². The molecule has 0 aromatic rings. The Bertz CT molecular complexity index is 166. The largest absolute Gasteiger partial charge is 0.314 e. The van der Waals surface area contributed by atoms with Gasteiger partial charge >= 0.3 is 0 Å². The van der Waals surface area contributed by atoms with Gasteiger partial charge in [0, 0.05) is 18.6 Å². The fourth-order valence-corrected chi connectivity index (χ4v) is 2.04. The van der Waals surface area contributed by atoms with E-state index in [2.05, 4.69) is 58.8 Å². The first kappa shape index (κ1) is 15.9. The Morgan fingerprint density at radius 2 is 1.56 bits per heavy atom. The van der Waals surface area contributed by atoms with E-state index in [4.69, 9.17) is 0 Å². The molecule has 1 N–H and O–H groups in total. The van der Waals surface area contributed by atoms with E-state index in [1.54, 1.807) is 0 Å². The molecule has 0 fully saturated rings. The van der Waals surface area contributed by atoms with Crippen molar-refractivity contribution in [1.82, 2.24) is 10.2 Å². The van der Waals surface area contributed by atoms with Crippen LogP contribution in [0.3, 0.4) is 0 Å². The molecule has 0 aliphatic carbocycles. The van der Waals surface area contributed by atoms with Crippen LogP contribution >= 0.6 is 0 Å². The SMILES string of the molecule is CC(C)CC(C)N(C)CC(C)CNC(C)C. The van der Waals surface area contributed by atoms with Crippen LogP contribution < -0.4 is 5.32 Å². The Balaban J connectivity index is 3.80. The predicted molar refractivity (Wildman–Crippen MR) is 73.8 cm³/mol. The first-order valence-corrected chi connectivity index (χ1v) is 6.76. The van der Waals surface area contributed by atoms with Crippen LogP contribution in [0.25, 0.3) is 0 Å². The van der Waals surface area contributed by atoms with Gasteiger partial charge in [-0.25, -0.2) is 0 Å². The second-order valence-corrected chi connectivity index (χ2v) is 6.09. The maximum Gasteiger partial charge on any atom is 0.00664 e. The quantitative estimate of drug-likeness (QED) is 0.687. The standard InChI is InChI=1S/C14H32N2/c1-11(2)8-14(6)16(7)10-13(5)9-15-12(3)4/h11-15H,8-10H2,1-7H3. The summed E-state index contributed by atoms with van der Waals surface area (Å²) < 4.78 is 0. The lowest BCUT2D eigenvalue weighted by atomic mass is 10.0. The molecule has 0 aliphatic heterocycles. The minimum atomic E-state index is 0.598. The van der Waals surface area contributed by atoms with E-state index in [9.17, 15) is 0 Å². The van der Waals surface area contributed by atoms with Crippen LogP contribution in [-0.2, 0) is 0 Å². The lowest BCUT2D eigenvalue weighted by Crippen LogP contribution is -2.38. The first-order valence-electron chi connectivity index (χ1n) is 6.76. The Labute approximate surface area is 103 Å². The summed E-state index contributed by atoms with van der Waals surface area (Å²) in [4.78, 5) is 2.49. The van der Waals surface area contributed by atoms with Crippen molar-refractivity contribution in [2.75, 3.05) is 20.1 Å². The maximum absolute atomic E-state index is 3.50. The molecular formula is C14H32N2. The highest BCUT2D eigenvalue weighted by atomic mass is 15.1. The zero-order valence-corrected chi connectivity index (χ0v) is 12.4. The van der Waals surface area contributed by atoms with Crippen molar-refractivity contribution in [3.8, 4) is 0 Å². The third-order valence-corrected chi connectivity index (χ3v) is 3.04. The Morgan fingerprint density at radius 3 is 2.00 bits per heavy atom. The van der Waals surface area contributed by atoms with Gasteiger partial charge in [0.15, 0.2) is 0 Å². The Morgan fingerprint density at radius 1 is 1.00 bits per heavy atom. The van der Waals surface area contributed by atoms with Gasteiger partial charge in [-0.3, -0.25) is 0 Å². The molecule has 0 heterocycles. The minimum absolute atomic E-state index is 0.598. The Kier molecular flexibility index (Phi) is 8.04. The summed E-state index contributed by atoms with van der Waals surface area (Å²) in [5.41, 5.74) is 0. The number of nitrogens with one attached hydrogen (secondary N) is 1. The molecule has 0 rings (SSSR count). The zero-order chi connectivity index (χ0) is 12.7. The summed E-state index contributed by atoms with van der Waals surface area (Å²) in [6.45, 7) is 16.0. The van der Waals surface area contributed by atoms with Crippen LogP contribution in [0.2, 0.25) is 0 Å². The third kappa shape index (κ3) is 8.12. The van der Waals surface area contributed by atoms with Crippen LogP contribution in [0, 0.1) is 11.8 Å². The minimum Gasteiger partial charge on any atom is -0.314 e. The summed E-state index contributed by atoms with van der Waals surface area (Å²) in [5.74, 6) is 1.52. The number of hydrogen-bond acceptors (Lipinski definition) is 2. The predicted octanol–water partition coefficient (Wildman–Crippen LogP) is 2.99. The average Bonchev–Trinajstić information content (AvgIpc) is 2.13. The molecule has 2 unspecified atom stereocenters. The van der Waals surface area contributed by atoms with Crippen LogP contribution in [0.5, 0.6) is 0 Å². The molecular weight excluding hydrogens is 196 g/mol. The second-order valence-electron chi connectivity index (χ2n) is 6.09. The molecule has 2 atom stereocenters. The molecule has 0 aliphatic rings. The third-order valence-electron chi connectivity index (χ3n) is 3.04. The van der Waals surface area contributed by atoms with Crippen LogP contribution in [-0.4, -0.2) is 37.1 Å². The average molecular weight is 228 g/mol. The molecule has 2 heteroatoms. The lowest BCUT2D eigenvalue weighted by molar-refractivity contribution is 0.198.